The van der Waals surface area contributed by atoms with Crippen molar-refractivity contribution in [2.24, 2.45) is 0 Å². The third-order valence-corrected chi connectivity index (χ3v) is 4.58. The predicted molar refractivity (Wildman–Crippen MR) is 78.4 cm³/mol. The van der Waals surface area contributed by atoms with E-state index in [-0.39, 0.29) is 22.7 Å². The first-order chi connectivity index (χ1) is 9.33. The monoisotopic (exact) mass is 295 g/mol. The van der Waals surface area contributed by atoms with Crippen LogP contribution in [0, 0.1) is 0 Å². The van der Waals surface area contributed by atoms with Crippen LogP contribution in [0.4, 0.5) is 11.8 Å². The molecule has 1 aromatic carbocycles. The van der Waals surface area contributed by atoms with Crippen LogP contribution in [0.15, 0.2) is 23.1 Å². The minimum Gasteiger partial charge on any atom is -0.383 e. The first-order valence-electron chi connectivity index (χ1n) is 6.18. The molecule has 20 heavy (non-hydrogen) atoms. The van der Waals surface area contributed by atoms with Crippen LogP contribution in [0.1, 0.15) is 20.3 Å². The van der Waals surface area contributed by atoms with Crippen LogP contribution in [0.25, 0.3) is 10.9 Å². The number of nitrogens with zero attached hydrogens (tertiary/aromatic N) is 2. The Hall–Kier alpha value is -1.93. The van der Waals surface area contributed by atoms with Crippen molar-refractivity contribution in [3.63, 3.8) is 0 Å². The van der Waals surface area contributed by atoms with Gasteiger partial charge in [-0.2, -0.15) is 4.98 Å². The molecule has 5 N–H and O–H groups in total. The van der Waals surface area contributed by atoms with E-state index in [9.17, 15) is 8.42 Å². The van der Waals surface area contributed by atoms with Gasteiger partial charge < -0.3 is 11.5 Å². The first-order valence-corrected chi connectivity index (χ1v) is 7.67. The zero-order valence-electron chi connectivity index (χ0n) is 11.3. The van der Waals surface area contributed by atoms with E-state index in [0.29, 0.717) is 17.3 Å². The van der Waals surface area contributed by atoms with E-state index in [1.807, 2.05) is 6.92 Å². The molecule has 0 radical (unpaired) electrons. The second-order valence-electron chi connectivity index (χ2n) is 4.58. The summed E-state index contributed by atoms with van der Waals surface area (Å²) in [7, 11) is -3.58. The van der Waals surface area contributed by atoms with E-state index in [1.54, 1.807) is 13.0 Å². The average molecular weight is 295 g/mol. The van der Waals surface area contributed by atoms with Crippen LogP contribution in [0.5, 0.6) is 0 Å². The lowest BCUT2D eigenvalue weighted by molar-refractivity contribution is 0.556. The number of nitrogens with one attached hydrogen (secondary N) is 1. The normalized spacial score (nSPS) is 13.5. The van der Waals surface area contributed by atoms with Crippen molar-refractivity contribution in [3.8, 4) is 0 Å². The number of anilines is 2. The summed E-state index contributed by atoms with van der Waals surface area (Å²) in [5, 5.41) is 0.464. The van der Waals surface area contributed by atoms with E-state index in [0.717, 1.165) is 0 Å². The number of benzene rings is 1. The maximum Gasteiger partial charge on any atom is 0.240 e. The number of hydrogen-bond donors (Lipinski definition) is 3. The topological polar surface area (TPSA) is 124 Å². The molecule has 0 fully saturated rings. The highest BCUT2D eigenvalue weighted by atomic mass is 32.2. The number of hydrogen-bond acceptors (Lipinski definition) is 6. The number of rotatable bonds is 4. The van der Waals surface area contributed by atoms with Crippen molar-refractivity contribution in [2.45, 2.75) is 31.2 Å². The Labute approximate surface area is 117 Å². The largest absolute Gasteiger partial charge is 0.383 e. The van der Waals surface area contributed by atoms with E-state index in [2.05, 4.69) is 14.7 Å². The van der Waals surface area contributed by atoms with Gasteiger partial charge in [0, 0.05) is 11.4 Å². The third kappa shape index (κ3) is 2.81. The van der Waals surface area contributed by atoms with E-state index in [1.165, 1.54) is 12.1 Å². The molecular formula is C12H17N5O2S. The van der Waals surface area contributed by atoms with Crippen LogP contribution in [-0.2, 0) is 10.0 Å². The minimum absolute atomic E-state index is 0.0586. The lowest BCUT2D eigenvalue weighted by Gasteiger charge is -2.12. The molecule has 2 rings (SSSR count). The van der Waals surface area contributed by atoms with Crippen LogP contribution in [-0.4, -0.2) is 24.4 Å². The molecule has 0 aliphatic rings. The summed E-state index contributed by atoms with van der Waals surface area (Å²) < 4.78 is 27.0. The number of nitrogens with two attached hydrogens (primary N) is 2. The van der Waals surface area contributed by atoms with Crippen molar-refractivity contribution < 1.29 is 8.42 Å². The summed E-state index contributed by atoms with van der Waals surface area (Å²) in [4.78, 5) is 7.97. The molecule has 0 bridgehead atoms. The van der Waals surface area contributed by atoms with Crippen LogP contribution >= 0.6 is 0 Å². The smallest absolute Gasteiger partial charge is 0.240 e. The fourth-order valence-corrected chi connectivity index (χ4v) is 3.09. The molecule has 8 heteroatoms. The lowest BCUT2D eigenvalue weighted by atomic mass is 10.2. The minimum atomic E-state index is -3.58. The number of sulfonamides is 1. The molecule has 0 saturated carbocycles. The Morgan fingerprint density at radius 1 is 1.30 bits per heavy atom. The summed E-state index contributed by atoms with van der Waals surface area (Å²) >= 11 is 0. The van der Waals surface area contributed by atoms with E-state index in [4.69, 9.17) is 11.5 Å². The van der Waals surface area contributed by atoms with Gasteiger partial charge in [0.25, 0.3) is 0 Å². The molecule has 2 aromatic rings. The molecule has 0 spiro atoms. The second kappa shape index (κ2) is 5.22. The molecular weight excluding hydrogens is 278 g/mol. The van der Waals surface area contributed by atoms with Gasteiger partial charge >= 0.3 is 0 Å². The molecule has 0 aliphatic heterocycles. The SMILES string of the molecule is CCC(C)NS(=O)(=O)c1ccc2nc(N)nc(N)c2c1. The van der Waals surface area contributed by atoms with Gasteiger partial charge in [-0.05, 0) is 31.5 Å². The number of aromatic nitrogens is 2. The van der Waals surface area contributed by atoms with Crippen molar-refractivity contribution in [1.82, 2.24) is 14.7 Å². The zero-order chi connectivity index (χ0) is 14.9. The van der Waals surface area contributed by atoms with E-state index >= 15 is 0 Å². The van der Waals surface area contributed by atoms with Gasteiger partial charge in [0.2, 0.25) is 16.0 Å². The van der Waals surface area contributed by atoms with Gasteiger partial charge in [-0.15, -0.1) is 0 Å². The molecule has 1 unspecified atom stereocenters. The van der Waals surface area contributed by atoms with Crippen LogP contribution < -0.4 is 16.2 Å². The third-order valence-electron chi connectivity index (χ3n) is 2.99. The molecule has 0 saturated heterocycles. The summed E-state index contributed by atoms with van der Waals surface area (Å²) in [5.41, 5.74) is 11.8. The van der Waals surface area contributed by atoms with Gasteiger partial charge in [-0.3, -0.25) is 0 Å². The molecule has 7 nitrogen and oxygen atoms in total. The summed E-state index contributed by atoms with van der Waals surface area (Å²) in [6, 6.07) is 4.35. The van der Waals surface area contributed by atoms with Gasteiger partial charge in [-0.25, -0.2) is 18.1 Å². The first kappa shape index (κ1) is 14.5. The lowest BCUT2D eigenvalue weighted by Crippen LogP contribution is -2.31. The van der Waals surface area contributed by atoms with Crippen LogP contribution in [0.3, 0.4) is 0 Å². The molecule has 1 atom stereocenters. The van der Waals surface area contributed by atoms with E-state index < -0.39 is 10.0 Å². The quantitative estimate of drug-likeness (QED) is 0.768. The maximum absolute atomic E-state index is 12.2. The van der Waals surface area contributed by atoms with Gasteiger partial charge in [-0.1, -0.05) is 6.92 Å². The van der Waals surface area contributed by atoms with Crippen molar-refractivity contribution >= 4 is 32.7 Å². The Kier molecular flexibility index (Phi) is 3.78. The highest BCUT2D eigenvalue weighted by Gasteiger charge is 2.17. The summed E-state index contributed by atoms with van der Waals surface area (Å²) in [6.07, 6.45) is 0.703. The molecule has 0 aliphatic carbocycles. The van der Waals surface area contributed by atoms with Crippen molar-refractivity contribution in [3.05, 3.63) is 18.2 Å². The summed E-state index contributed by atoms with van der Waals surface area (Å²) in [5.74, 6) is 0.219. The summed E-state index contributed by atoms with van der Waals surface area (Å²) in [6.45, 7) is 3.71. The maximum atomic E-state index is 12.2. The number of fused-ring (bicyclic) bond motifs is 1. The van der Waals surface area contributed by atoms with Gasteiger partial charge in [0.1, 0.15) is 5.82 Å². The Morgan fingerprint density at radius 3 is 2.65 bits per heavy atom. The second-order valence-corrected chi connectivity index (χ2v) is 6.29. The zero-order valence-corrected chi connectivity index (χ0v) is 12.1. The van der Waals surface area contributed by atoms with Gasteiger partial charge in [0.15, 0.2) is 0 Å². The van der Waals surface area contributed by atoms with Crippen LogP contribution in [0.2, 0.25) is 0 Å². The Balaban J connectivity index is 2.52. The molecule has 1 heterocycles. The number of nitrogen functional groups attached to an aromatic ring is 2. The molecule has 1 aromatic heterocycles. The van der Waals surface area contributed by atoms with Crippen molar-refractivity contribution in [1.29, 1.82) is 0 Å². The Bertz CT molecular complexity index is 745. The standard InChI is InChI=1S/C12H17N5O2S/c1-3-7(2)17-20(18,19)8-4-5-10-9(6-8)11(13)16-12(14)15-10/h4-7,17H,3H2,1-2H3,(H4,13,14,15,16). The van der Waals surface area contributed by atoms with Gasteiger partial charge in [0.05, 0.1) is 10.4 Å². The molecule has 0 amide bonds. The molecule has 108 valence electrons. The fourth-order valence-electron chi connectivity index (χ4n) is 1.73. The predicted octanol–water partition coefficient (Wildman–Crippen LogP) is 0.871. The highest BCUT2D eigenvalue weighted by molar-refractivity contribution is 7.89. The Morgan fingerprint density at radius 2 is 2.00 bits per heavy atom. The highest BCUT2D eigenvalue weighted by Crippen LogP contribution is 2.22. The fraction of sp³-hybridized carbons (Fsp3) is 0.333. The van der Waals surface area contributed by atoms with Crippen molar-refractivity contribution in [2.75, 3.05) is 11.5 Å². The average Bonchev–Trinajstić information content (AvgIpc) is 2.37.